The quantitative estimate of drug-likeness (QED) is 0.355. The SMILES string of the molecule is Cc1cc(OC2CCN(S(C)(=O)=O)CC2)cc(C)c1-c1cccc(COc2ccc3c(c2)OCC3[C@H](C)C(=O)O)c1. The second-order valence-corrected chi connectivity index (χ2v) is 13.1. The summed E-state index contributed by atoms with van der Waals surface area (Å²) in [7, 11) is -3.16. The molecule has 1 unspecified atom stereocenters. The molecule has 0 saturated carbocycles. The summed E-state index contributed by atoms with van der Waals surface area (Å²) in [5.41, 5.74) is 6.39. The van der Waals surface area contributed by atoms with Crippen molar-refractivity contribution in [3.05, 3.63) is 76.9 Å². The molecule has 1 saturated heterocycles. The molecule has 2 aliphatic heterocycles. The van der Waals surface area contributed by atoms with Gasteiger partial charge >= 0.3 is 5.97 Å². The van der Waals surface area contributed by atoms with Crippen LogP contribution in [-0.2, 0) is 21.4 Å². The standard InChI is InChI=1S/C32H37NO7S/c1-20-14-27(40-25-10-12-33(13-11-25)41(4,36)37)15-21(2)31(20)24-7-5-6-23(16-24)18-38-26-8-9-28-29(22(3)32(34)35)19-39-30(28)17-26/h5-9,14-17,22,25,29H,10-13,18-19H2,1-4H3,(H,34,35)/t22-,29?/m0/s1. The molecule has 1 fully saturated rings. The summed E-state index contributed by atoms with van der Waals surface area (Å²) in [5, 5.41) is 9.38. The molecule has 3 aromatic rings. The Morgan fingerprint density at radius 3 is 2.41 bits per heavy atom. The zero-order valence-corrected chi connectivity index (χ0v) is 24.7. The number of carboxylic acid groups (broad SMARTS) is 1. The molecule has 0 amide bonds. The minimum absolute atomic E-state index is 0.00537. The zero-order valence-electron chi connectivity index (χ0n) is 23.9. The van der Waals surface area contributed by atoms with Crippen molar-refractivity contribution in [1.29, 1.82) is 0 Å². The number of ether oxygens (including phenoxy) is 3. The van der Waals surface area contributed by atoms with Gasteiger partial charge in [0.25, 0.3) is 0 Å². The molecule has 41 heavy (non-hydrogen) atoms. The van der Waals surface area contributed by atoms with Crippen LogP contribution in [0.5, 0.6) is 17.2 Å². The van der Waals surface area contributed by atoms with Crippen molar-refractivity contribution in [2.75, 3.05) is 26.0 Å². The van der Waals surface area contributed by atoms with Crippen LogP contribution in [0, 0.1) is 19.8 Å². The van der Waals surface area contributed by atoms with E-state index in [1.807, 2.05) is 30.3 Å². The highest BCUT2D eigenvalue weighted by Gasteiger charge is 2.33. The van der Waals surface area contributed by atoms with Crippen molar-refractivity contribution in [3.8, 4) is 28.4 Å². The number of sulfonamides is 1. The van der Waals surface area contributed by atoms with Gasteiger partial charge in [0.1, 0.15) is 30.0 Å². The maximum absolute atomic E-state index is 11.8. The fourth-order valence-corrected chi connectivity index (χ4v) is 6.67. The van der Waals surface area contributed by atoms with Crippen LogP contribution in [0.25, 0.3) is 11.1 Å². The van der Waals surface area contributed by atoms with Gasteiger partial charge in [-0.25, -0.2) is 12.7 Å². The van der Waals surface area contributed by atoms with E-state index in [4.69, 9.17) is 14.2 Å². The van der Waals surface area contributed by atoms with Crippen LogP contribution in [-0.4, -0.2) is 55.9 Å². The second-order valence-electron chi connectivity index (χ2n) is 11.1. The summed E-state index contributed by atoms with van der Waals surface area (Å²) in [4.78, 5) is 11.4. The van der Waals surface area contributed by atoms with Crippen molar-refractivity contribution in [3.63, 3.8) is 0 Å². The topological polar surface area (TPSA) is 102 Å². The number of nitrogens with zero attached hydrogens (tertiary/aromatic N) is 1. The number of hydrogen-bond donors (Lipinski definition) is 1. The molecule has 0 bridgehead atoms. The lowest BCUT2D eigenvalue weighted by molar-refractivity contribution is -0.142. The van der Waals surface area contributed by atoms with Gasteiger partial charge < -0.3 is 19.3 Å². The molecular weight excluding hydrogens is 542 g/mol. The predicted molar refractivity (Wildman–Crippen MR) is 157 cm³/mol. The van der Waals surface area contributed by atoms with Crippen molar-refractivity contribution in [2.24, 2.45) is 5.92 Å². The van der Waals surface area contributed by atoms with Crippen LogP contribution in [0.2, 0.25) is 0 Å². The minimum atomic E-state index is -3.16. The molecule has 0 radical (unpaired) electrons. The van der Waals surface area contributed by atoms with Gasteiger partial charge in [-0.2, -0.15) is 0 Å². The number of fused-ring (bicyclic) bond motifs is 1. The number of hydrogen-bond acceptors (Lipinski definition) is 6. The number of benzene rings is 3. The molecule has 3 aromatic carbocycles. The van der Waals surface area contributed by atoms with Crippen molar-refractivity contribution in [1.82, 2.24) is 4.31 Å². The van der Waals surface area contributed by atoms with Gasteiger partial charge in [0.2, 0.25) is 10.0 Å². The molecule has 0 aromatic heterocycles. The number of carboxylic acids is 1. The molecule has 0 aliphatic carbocycles. The number of rotatable bonds is 9. The Kier molecular flexibility index (Phi) is 8.29. The van der Waals surface area contributed by atoms with E-state index in [0.717, 1.165) is 39.1 Å². The Bertz CT molecular complexity index is 1520. The van der Waals surface area contributed by atoms with E-state index in [0.29, 0.717) is 50.6 Å². The number of piperidine rings is 1. The molecule has 2 atom stereocenters. The second kappa shape index (κ2) is 11.7. The first-order valence-electron chi connectivity index (χ1n) is 13.9. The third-order valence-electron chi connectivity index (χ3n) is 8.10. The molecule has 9 heteroatoms. The van der Waals surface area contributed by atoms with Gasteiger partial charge in [0.05, 0.1) is 18.8 Å². The van der Waals surface area contributed by atoms with Crippen LogP contribution >= 0.6 is 0 Å². The first-order chi connectivity index (χ1) is 19.5. The molecule has 0 spiro atoms. The monoisotopic (exact) mass is 579 g/mol. The zero-order chi connectivity index (χ0) is 29.3. The highest BCUT2D eigenvalue weighted by atomic mass is 32.2. The Labute approximate surface area is 241 Å². The van der Waals surface area contributed by atoms with Gasteiger partial charge in [0.15, 0.2) is 0 Å². The average Bonchev–Trinajstić information content (AvgIpc) is 3.34. The summed E-state index contributed by atoms with van der Waals surface area (Å²) < 4.78 is 43.2. The lowest BCUT2D eigenvalue weighted by Gasteiger charge is -2.30. The normalized spacial score (nSPS) is 18.4. The highest BCUT2D eigenvalue weighted by molar-refractivity contribution is 7.88. The largest absolute Gasteiger partial charge is 0.492 e. The summed E-state index contributed by atoms with van der Waals surface area (Å²) in [6.45, 7) is 7.57. The fraction of sp³-hybridized carbons (Fsp3) is 0.406. The summed E-state index contributed by atoms with van der Waals surface area (Å²) in [6.07, 6.45) is 2.60. The predicted octanol–water partition coefficient (Wildman–Crippen LogP) is 5.55. The number of aliphatic carboxylic acids is 1. The third-order valence-corrected chi connectivity index (χ3v) is 9.40. The van der Waals surface area contributed by atoms with Crippen LogP contribution < -0.4 is 14.2 Å². The minimum Gasteiger partial charge on any atom is -0.492 e. The lowest BCUT2D eigenvalue weighted by atomic mass is 9.89. The molecule has 8 nitrogen and oxygen atoms in total. The molecular formula is C32H37NO7S. The van der Waals surface area contributed by atoms with Crippen LogP contribution in [0.1, 0.15) is 47.9 Å². The Hall–Kier alpha value is -3.56. The van der Waals surface area contributed by atoms with E-state index in [9.17, 15) is 18.3 Å². The Morgan fingerprint density at radius 2 is 1.76 bits per heavy atom. The number of aryl methyl sites for hydroxylation is 2. The highest BCUT2D eigenvalue weighted by Crippen LogP contribution is 2.40. The molecule has 218 valence electrons. The van der Waals surface area contributed by atoms with E-state index in [2.05, 4.69) is 38.1 Å². The van der Waals surface area contributed by atoms with Crippen molar-refractivity contribution in [2.45, 2.75) is 52.2 Å². The Balaban J connectivity index is 1.24. The van der Waals surface area contributed by atoms with Gasteiger partial charge in [0, 0.05) is 30.6 Å². The van der Waals surface area contributed by atoms with E-state index in [1.54, 1.807) is 6.92 Å². The molecule has 2 heterocycles. The molecule has 1 N–H and O–H groups in total. The van der Waals surface area contributed by atoms with E-state index < -0.39 is 21.9 Å². The molecule has 5 rings (SSSR count). The lowest BCUT2D eigenvalue weighted by Crippen LogP contribution is -2.41. The maximum Gasteiger partial charge on any atom is 0.306 e. The fourth-order valence-electron chi connectivity index (χ4n) is 5.80. The van der Waals surface area contributed by atoms with Crippen LogP contribution in [0.4, 0.5) is 0 Å². The Morgan fingerprint density at radius 1 is 1.05 bits per heavy atom. The first-order valence-corrected chi connectivity index (χ1v) is 15.8. The number of carbonyl (C=O) groups is 1. The third kappa shape index (κ3) is 6.52. The van der Waals surface area contributed by atoms with Crippen molar-refractivity contribution >= 4 is 16.0 Å². The summed E-state index contributed by atoms with van der Waals surface area (Å²) in [6, 6.07) is 18.0. The van der Waals surface area contributed by atoms with Gasteiger partial charge in [-0.15, -0.1) is 0 Å². The summed E-state index contributed by atoms with van der Waals surface area (Å²) in [5.74, 6) is 0.659. The van der Waals surface area contributed by atoms with Crippen LogP contribution in [0.15, 0.2) is 54.6 Å². The van der Waals surface area contributed by atoms with Gasteiger partial charge in [-0.3, -0.25) is 4.79 Å². The maximum atomic E-state index is 11.8. The molecule has 2 aliphatic rings. The average molecular weight is 580 g/mol. The van der Waals surface area contributed by atoms with Gasteiger partial charge in [-0.05, 0) is 78.8 Å². The summed E-state index contributed by atoms with van der Waals surface area (Å²) >= 11 is 0. The first kappa shape index (κ1) is 29.0. The van der Waals surface area contributed by atoms with Crippen molar-refractivity contribution < 1.29 is 32.5 Å². The smallest absolute Gasteiger partial charge is 0.306 e. The van der Waals surface area contributed by atoms with E-state index in [1.165, 1.54) is 10.6 Å². The van der Waals surface area contributed by atoms with E-state index in [-0.39, 0.29) is 12.0 Å². The van der Waals surface area contributed by atoms with Gasteiger partial charge in [-0.1, -0.05) is 31.2 Å². The van der Waals surface area contributed by atoms with Crippen LogP contribution in [0.3, 0.4) is 0 Å². The van der Waals surface area contributed by atoms with E-state index >= 15 is 0 Å².